The molecule has 1 unspecified atom stereocenters. The van der Waals surface area contributed by atoms with Gasteiger partial charge < -0.3 is 5.32 Å². The SMILES string of the molecule is c1cc(CC2CCCNC2)cs1. The number of nitrogens with one attached hydrogen (secondary N) is 1. The van der Waals surface area contributed by atoms with Gasteiger partial charge in [-0.3, -0.25) is 0 Å². The highest BCUT2D eigenvalue weighted by atomic mass is 32.1. The zero-order valence-corrected chi connectivity index (χ0v) is 8.07. The molecule has 0 aromatic carbocycles. The molecule has 2 heteroatoms. The topological polar surface area (TPSA) is 12.0 Å². The van der Waals surface area contributed by atoms with Gasteiger partial charge in [-0.2, -0.15) is 11.3 Å². The first-order valence-corrected chi connectivity index (χ1v) is 5.61. The van der Waals surface area contributed by atoms with E-state index < -0.39 is 0 Å². The van der Waals surface area contributed by atoms with Crippen molar-refractivity contribution in [3.8, 4) is 0 Å². The molecule has 1 aliphatic rings. The monoisotopic (exact) mass is 181 g/mol. The first-order chi connectivity index (χ1) is 5.95. The second kappa shape index (κ2) is 4.06. The molecule has 1 aromatic rings. The van der Waals surface area contributed by atoms with Crippen LogP contribution in [0.1, 0.15) is 18.4 Å². The summed E-state index contributed by atoms with van der Waals surface area (Å²) in [6, 6.07) is 2.25. The van der Waals surface area contributed by atoms with Gasteiger partial charge >= 0.3 is 0 Å². The summed E-state index contributed by atoms with van der Waals surface area (Å²) >= 11 is 1.81. The molecule has 12 heavy (non-hydrogen) atoms. The fourth-order valence-corrected chi connectivity index (χ4v) is 2.52. The van der Waals surface area contributed by atoms with Crippen molar-refractivity contribution in [1.29, 1.82) is 0 Å². The molecule has 66 valence electrons. The Balaban J connectivity index is 1.86. The molecule has 0 saturated carbocycles. The Morgan fingerprint density at radius 3 is 3.25 bits per heavy atom. The predicted octanol–water partition coefficient (Wildman–Crippen LogP) is 2.29. The van der Waals surface area contributed by atoms with Gasteiger partial charge in [0.05, 0.1) is 0 Å². The maximum absolute atomic E-state index is 3.45. The van der Waals surface area contributed by atoms with Gasteiger partial charge in [0, 0.05) is 0 Å². The van der Waals surface area contributed by atoms with Crippen LogP contribution in [-0.2, 0) is 6.42 Å². The van der Waals surface area contributed by atoms with E-state index in [1.54, 1.807) is 0 Å². The molecule has 1 nitrogen and oxygen atoms in total. The summed E-state index contributed by atoms with van der Waals surface area (Å²) in [7, 11) is 0. The molecule has 0 amide bonds. The zero-order valence-electron chi connectivity index (χ0n) is 7.25. The minimum Gasteiger partial charge on any atom is -0.316 e. The smallest absolute Gasteiger partial charge is 0.00173 e. The average molecular weight is 181 g/mol. The summed E-state index contributed by atoms with van der Waals surface area (Å²) in [5.74, 6) is 0.883. The standard InChI is InChI=1S/C10H15NS/c1-2-9(7-11-4-1)6-10-3-5-12-8-10/h3,5,8-9,11H,1-2,4,6-7H2. The van der Waals surface area contributed by atoms with Gasteiger partial charge in [0.25, 0.3) is 0 Å². The molecule has 1 aliphatic heterocycles. The van der Waals surface area contributed by atoms with Crippen LogP contribution in [0.25, 0.3) is 0 Å². The lowest BCUT2D eigenvalue weighted by Crippen LogP contribution is -2.30. The van der Waals surface area contributed by atoms with Crippen LogP contribution in [0.2, 0.25) is 0 Å². The summed E-state index contributed by atoms with van der Waals surface area (Å²) in [6.45, 7) is 2.44. The average Bonchev–Trinajstić information content (AvgIpc) is 2.59. The Morgan fingerprint density at radius 1 is 1.58 bits per heavy atom. The third-order valence-electron chi connectivity index (χ3n) is 2.50. The fourth-order valence-electron chi connectivity index (χ4n) is 1.84. The Labute approximate surface area is 77.8 Å². The van der Waals surface area contributed by atoms with Gasteiger partial charge in [0.1, 0.15) is 0 Å². The van der Waals surface area contributed by atoms with Crippen molar-refractivity contribution >= 4 is 11.3 Å². The molecule has 2 rings (SSSR count). The molecule has 1 aromatic heterocycles. The molecule has 1 atom stereocenters. The van der Waals surface area contributed by atoms with Gasteiger partial charge in [-0.25, -0.2) is 0 Å². The third-order valence-corrected chi connectivity index (χ3v) is 3.24. The van der Waals surface area contributed by atoms with E-state index in [2.05, 4.69) is 22.1 Å². The zero-order chi connectivity index (χ0) is 8.23. The Hall–Kier alpha value is -0.340. The Morgan fingerprint density at radius 2 is 2.58 bits per heavy atom. The molecule has 0 bridgehead atoms. The second-order valence-corrected chi connectivity index (χ2v) is 4.33. The van der Waals surface area contributed by atoms with Crippen LogP contribution in [0.3, 0.4) is 0 Å². The quantitative estimate of drug-likeness (QED) is 0.738. The minimum atomic E-state index is 0.883. The number of rotatable bonds is 2. The van der Waals surface area contributed by atoms with Gasteiger partial charge in [-0.15, -0.1) is 0 Å². The molecule has 2 heterocycles. The van der Waals surface area contributed by atoms with Crippen molar-refractivity contribution in [2.24, 2.45) is 5.92 Å². The first-order valence-electron chi connectivity index (χ1n) is 4.67. The lowest BCUT2D eigenvalue weighted by molar-refractivity contribution is 0.376. The molecule has 1 fully saturated rings. The molecule has 0 spiro atoms. The second-order valence-electron chi connectivity index (χ2n) is 3.55. The molecular formula is C10H15NS. The summed E-state index contributed by atoms with van der Waals surface area (Å²) < 4.78 is 0. The number of hydrogen-bond acceptors (Lipinski definition) is 2. The number of hydrogen-bond donors (Lipinski definition) is 1. The summed E-state index contributed by atoms with van der Waals surface area (Å²) in [4.78, 5) is 0. The Bertz CT molecular complexity index is 212. The van der Waals surface area contributed by atoms with Crippen LogP contribution >= 0.6 is 11.3 Å². The van der Waals surface area contributed by atoms with Crippen LogP contribution < -0.4 is 5.32 Å². The van der Waals surface area contributed by atoms with Gasteiger partial charge in [-0.05, 0) is 60.7 Å². The largest absolute Gasteiger partial charge is 0.316 e. The van der Waals surface area contributed by atoms with Gasteiger partial charge in [0.15, 0.2) is 0 Å². The van der Waals surface area contributed by atoms with E-state index in [0.717, 1.165) is 5.92 Å². The fraction of sp³-hybridized carbons (Fsp3) is 0.600. The van der Waals surface area contributed by atoms with E-state index in [1.165, 1.54) is 37.9 Å². The summed E-state index contributed by atoms with van der Waals surface area (Å²) in [5.41, 5.74) is 1.52. The van der Waals surface area contributed by atoms with Crippen molar-refractivity contribution in [1.82, 2.24) is 5.32 Å². The Kier molecular flexibility index (Phi) is 2.79. The van der Waals surface area contributed by atoms with E-state index in [9.17, 15) is 0 Å². The van der Waals surface area contributed by atoms with Crippen LogP contribution in [0.4, 0.5) is 0 Å². The molecular weight excluding hydrogens is 166 g/mol. The highest BCUT2D eigenvalue weighted by Crippen LogP contribution is 2.17. The summed E-state index contributed by atoms with van der Waals surface area (Å²) in [6.07, 6.45) is 4.04. The molecule has 0 radical (unpaired) electrons. The van der Waals surface area contributed by atoms with Crippen molar-refractivity contribution in [2.75, 3.05) is 13.1 Å². The minimum absolute atomic E-state index is 0.883. The van der Waals surface area contributed by atoms with Crippen LogP contribution in [0, 0.1) is 5.92 Å². The maximum atomic E-state index is 3.45. The van der Waals surface area contributed by atoms with E-state index >= 15 is 0 Å². The van der Waals surface area contributed by atoms with Crippen molar-refractivity contribution in [3.63, 3.8) is 0 Å². The maximum Gasteiger partial charge on any atom is -0.00173 e. The summed E-state index contributed by atoms with van der Waals surface area (Å²) in [5, 5.41) is 7.90. The van der Waals surface area contributed by atoms with Crippen molar-refractivity contribution < 1.29 is 0 Å². The van der Waals surface area contributed by atoms with E-state index in [4.69, 9.17) is 0 Å². The van der Waals surface area contributed by atoms with Gasteiger partial charge in [0.2, 0.25) is 0 Å². The lowest BCUT2D eigenvalue weighted by Gasteiger charge is -2.22. The highest BCUT2D eigenvalue weighted by molar-refractivity contribution is 7.07. The van der Waals surface area contributed by atoms with Crippen molar-refractivity contribution in [2.45, 2.75) is 19.3 Å². The first kappa shape index (κ1) is 8.27. The predicted molar refractivity (Wildman–Crippen MR) is 53.6 cm³/mol. The third kappa shape index (κ3) is 2.08. The van der Waals surface area contributed by atoms with Crippen molar-refractivity contribution in [3.05, 3.63) is 22.4 Å². The van der Waals surface area contributed by atoms with Crippen LogP contribution in [0.5, 0.6) is 0 Å². The molecule has 1 N–H and O–H groups in total. The van der Waals surface area contributed by atoms with E-state index in [-0.39, 0.29) is 0 Å². The van der Waals surface area contributed by atoms with Gasteiger partial charge in [-0.1, -0.05) is 0 Å². The number of thiophene rings is 1. The molecule has 0 aliphatic carbocycles. The normalized spacial score (nSPS) is 24.2. The van der Waals surface area contributed by atoms with E-state index in [1.807, 2.05) is 11.3 Å². The van der Waals surface area contributed by atoms with Crippen LogP contribution in [0.15, 0.2) is 16.8 Å². The highest BCUT2D eigenvalue weighted by Gasteiger charge is 2.12. The number of piperidine rings is 1. The lowest BCUT2D eigenvalue weighted by atomic mass is 9.94. The van der Waals surface area contributed by atoms with Crippen LogP contribution in [-0.4, -0.2) is 13.1 Å². The molecule has 1 saturated heterocycles. The van der Waals surface area contributed by atoms with E-state index in [0.29, 0.717) is 0 Å².